The minimum absolute atomic E-state index is 0.161. The summed E-state index contributed by atoms with van der Waals surface area (Å²) >= 11 is 4.41. The number of nitrogen functional groups attached to an aromatic ring is 1. The van der Waals surface area contributed by atoms with Crippen LogP contribution in [0.5, 0.6) is 23.0 Å². The first kappa shape index (κ1) is 75.0. The van der Waals surface area contributed by atoms with Crippen LogP contribution in [0.3, 0.4) is 0 Å². The number of ether oxygens (including phenoxy) is 4. The molecule has 4 aliphatic rings. The molecule has 20 rings (SSSR count). The molecule has 2 aromatic heterocycles. The molecule has 16 aromatic rings. The molecule has 0 fully saturated rings. The predicted molar refractivity (Wildman–Crippen MR) is 471 cm³/mol. The third-order valence-electron chi connectivity index (χ3n) is 22.0. The maximum atomic E-state index is 12.9. The smallest absolute Gasteiger partial charge is 0.0458 e. The summed E-state index contributed by atoms with van der Waals surface area (Å²) in [4.78, 5) is 12.4. The van der Waals surface area contributed by atoms with Gasteiger partial charge in [0.1, 0.15) is 0 Å². The monoisotopic (exact) mass is 1730 g/mol. The average molecular weight is 1730 g/mol. The van der Waals surface area contributed by atoms with E-state index in [1.807, 2.05) is 117 Å². The van der Waals surface area contributed by atoms with Crippen molar-refractivity contribution in [2.75, 3.05) is 34.2 Å². The second-order valence-corrected chi connectivity index (χ2v) is 36.4. The molecule has 11 nitrogen and oxygen atoms in total. The number of fused-ring (bicyclic) bond motifs is 21. The summed E-state index contributed by atoms with van der Waals surface area (Å²) < 4.78 is 63.2. The number of carbonyl (C=O) groups excluding carboxylic acids is 1. The van der Waals surface area contributed by atoms with Crippen LogP contribution in [0.2, 0.25) is 0 Å². The number of halogens is 3. The van der Waals surface area contributed by atoms with Gasteiger partial charge in [-0.3, -0.25) is 4.79 Å². The van der Waals surface area contributed by atoms with Crippen molar-refractivity contribution < 1.29 is 34.7 Å². The minimum atomic E-state index is -3.80. The summed E-state index contributed by atoms with van der Waals surface area (Å²) in [6.45, 7) is 14.7. The number of aromatic nitrogens is 2. The second kappa shape index (κ2) is 30.2. The zero-order chi connectivity index (χ0) is 78.2. The van der Waals surface area contributed by atoms with Crippen LogP contribution in [-0.4, -0.2) is 51.8 Å². The van der Waals surface area contributed by atoms with E-state index in [2.05, 4.69) is 221 Å². The number of hydrogen-bond acceptors (Lipinski definition) is 9. The molecule has 0 radical (unpaired) electrons. The SMILES string of the molecule is COc1cc2c3ccccc3n(-c3ccccc3Br)c2cc1OC.COc1ccc2c(c1OC)c1cccc3c1n2-c1ccccc1C31c2ccccc2-c2cc(C)c(C)cc21.Cc1cc2c(cc1C)-c1ccccc1C2=O.Cc1ccc(S(=O)(=O)OI2c3ccccc3-c3cc(C)c(C)cc32)cc1.Nc1ccccc1Br. The van der Waals surface area contributed by atoms with Crippen LogP contribution in [0.4, 0.5) is 5.69 Å². The standard InChI is InChI=1S/C35H27NO2.C21H19IO3S.C20H16BrNO2.C15H12O.C6H6BrN/c1-20-18-24-22-10-5-6-12-25(22)35(28(24)19-21(20)2)26-13-7-8-15-29(26)36-30-16-17-31(37-3)34(38-4)32(30)23-11-9-14-27(35)33(23)36;1-14-8-10-17(11-9-14)26(23,24)25-22-20-7-5-4-6-18(20)19-12-15(2)16(3)13-21(19)22;1-23-19-11-14-13-7-3-5-9-16(13)22(18(14)12-20(19)24-2)17-10-6-4-8-15(17)21;1-9-7-13-11-5-3-4-6-12(11)15(16)14(13)8-10(9)2;7-5-3-1-2-4-6(5)8/h5-19H,1-4H3;4-13H,1-3H3;3-12H,1-2H3;3-8H,1-2H3;1-4H,8H2. The minimum Gasteiger partial charge on any atom is -0.398 e. The number of rotatable bonds is 8. The van der Waals surface area contributed by atoms with E-state index >= 15 is 0 Å². The van der Waals surface area contributed by atoms with Gasteiger partial charge in [0.15, 0.2) is 28.8 Å². The molecule has 0 saturated carbocycles. The fourth-order valence-corrected chi connectivity index (χ4v) is 24.9. The molecule has 0 saturated heterocycles. The number of benzene rings is 14. The van der Waals surface area contributed by atoms with Gasteiger partial charge in [-0.1, -0.05) is 146 Å². The molecule has 1 unspecified atom stereocenters. The largest absolute Gasteiger partial charge is 0.398 e. The van der Waals surface area contributed by atoms with E-state index in [4.69, 9.17) is 27.2 Å². The molecular formula is C97H80Br2IN3O8S. The Morgan fingerprint density at radius 1 is 0.375 bits per heavy atom. The molecule has 112 heavy (non-hydrogen) atoms. The summed E-state index contributed by atoms with van der Waals surface area (Å²) in [7, 11) is 2.96. The number of anilines is 1. The Kier molecular flexibility index (Phi) is 20.2. The summed E-state index contributed by atoms with van der Waals surface area (Å²) in [5, 5.41) is 4.59. The van der Waals surface area contributed by atoms with Gasteiger partial charge < -0.3 is 33.8 Å². The molecule has 2 aliphatic carbocycles. The van der Waals surface area contributed by atoms with E-state index in [1.54, 1.807) is 52.7 Å². The van der Waals surface area contributed by atoms with Crippen molar-refractivity contribution in [1.29, 1.82) is 0 Å². The molecule has 2 aliphatic heterocycles. The molecule has 4 heterocycles. The first-order valence-electron chi connectivity index (χ1n) is 36.8. The van der Waals surface area contributed by atoms with Crippen molar-refractivity contribution in [2.24, 2.45) is 0 Å². The molecule has 558 valence electrons. The van der Waals surface area contributed by atoms with Crippen LogP contribution < -0.4 is 24.7 Å². The van der Waals surface area contributed by atoms with E-state index in [-0.39, 0.29) is 10.7 Å². The molecule has 1 spiro atoms. The summed E-state index contributed by atoms with van der Waals surface area (Å²) in [5.74, 6) is 3.14. The molecule has 2 N–H and O–H groups in total. The number of para-hydroxylation sites is 5. The van der Waals surface area contributed by atoms with Gasteiger partial charge in [0.05, 0.1) is 72.7 Å². The van der Waals surface area contributed by atoms with Crippen LogP contribution in [0.1, 0.15) is 77.1 Å². The maximum absolute atomic E-state index is 12.9. The van der Waals surface area contributed by atoms with E-state index < -0.39 is 35.8 Å². The van der Waals surface area contributed by atoms with Crippen LogP contribution in [0.25, 0.3) is 88.4 Å². The van der Waals surface area contributed by atoms with Gasteiger partial charge >= 0.3 is 163 Å². The number of carbonyl (C=O) groups is 1. The predicted octanol–water partition coefficient (Wildman–Crippen LogP) is 24.7. The van der Waals surface area contributed by atoms with Crippen molar-refractivity contribution in [1.82, 2.24) is 9.13 Å². The van der Waals surface area contributed by atoms with Crippen LogP contribution >= 0.6 is 52.1 Å². The zero-order valence-electron chi connectivity index (χ0n) is 63.8. The van der Waals surface area contributed by atoms with Crippen molar-refractivity contribution in [3.05, 3.63) is 361 Å². The summed E-state index contributed by atoms with van der Waals surface area (Å²) in [6, 6.07) is 93.0. The molecule has 0 bridgehead atoms. The Morgan fingerprint density at radius 2 is 0.920 bits per heavy atom. The molecule has 1 atom stereocenters. The van der Waals surface area contributed by atoms with E-state index in [1.165, 1.54) is 83.2 Å². The van der Waals surface area contributed by atoms with Crippen LogP contribution in [0.15, 0.2) is 287 Å². The first-order chi connectivity index (χ1) is 54.2. The Balaban J connectivity index is 0.000000113. The van der Waals surface area contributed by atoms with Gasteiger partial charge in [0.25, 0.3) is 0 Å². The van der Waals surface area contributed by atoms with Gasteiger partial charge in [-0.2, -0.15) is 0 Å². The van der Waals surface area contributed by atoms with Gasteiger partial charge in [-0.25, -0.2) is 0 Å². The fourth-order valence-electron chi connectivity index (χ4n) is 16.2. The third-order valence-corrected chi connectivity index (χ3v) is 31.0. The number of aryl methyl sites for hydroxylation is 7. The van der Waals surface area contributed by atoms with E-state index in [0.29, 0.717) is 0 Å². The third kappa shape index (κ3) is 12.6. The van der Waals surface area contributed by atoms with Crippen LogP contribution in [0, 0.1) is 55.6 Å². The zero-order valence-corrected chi connectivity index (χ0v) is 69.9. The van der Waals surface area contributed by atoms with Gasteiger partial charge in [-0.15, -0.1) is 0 Å². The van der Waals surface area contributed by atoms with Gasteiger partial charge in [0, 0.05) is 48.0 Å². The Bertz CT molecular complexity index is 6600. The number of nitrogens with two attached hydrogens (primary N) is 1. The van der Waals surface area contributed by atoms with Crippen molar-refractivity contribution in [3.8, 4) is 67.8 Å². The molecule has 0 amide bonds. The maximum Gasteiger partial charge on any atom is 0.0458 e. The van der Waals surface area contributed by atoms with E-state index in [0.717, 1.165) is 122 Å². The number of methoxy groups -OCH3 is 4. The van der Waals surface area contributed by atoms with E-state index in [9.17, 15) is 13.2 Å². The van der Waals surface area contributed by atoms with Crippen molar-refractivity contribution >= 4 is 117 Å². The molecule has 15 heteroatoms. The molecular weight excluding hydrogens is 1650 g/mol. The number of nitrogens with zero attached hydrogens (tertiary/aromatic N) is 2. The first-order valence-corrected chi connectivity index (χ1v) is 42.8. The fraction of sp³-hybridized carbons (Fsp3) is 0.124. The van der Waals surface area contributed by atoms with Crippen molar-refractivity contribution in [3.63, 3.8) is 0 Å². The number of ketones is 1. The summed E-state index contributed by atoms with van der Waals surface area (Å²) in [5.41, 5.74) is 35.2. The van der Waals surface area contributed by atoms with Gasteiger partial charge in [0.2, 0.25) is 0 Å². The quantitative estimate of drug-likeness (QED) is 0.117. The number of hydrogen-bond donors (Lipinski definition) is 1. The van der Waals surface area contributed by atoms with Crippen LogP contribution in [-0.2, 0) is 18.0 Å². The average Bonchev–Trinajstić information content (AvgIpc) is 1.45. The topological polar surface area (TPSA) is 133 Å². The Hall–Kier alpha value is -11.1. The second-order valence-electron chi connectivity index (χ2n) is 28.4. The molecule has 14 aromatic carbocycles. The Labute approximate surface area is 677 Å². The van der Waals surface area contributed by atoms with Crippen molar-refractivity contribution in [2.45, 2.75) is 58.8 Å². The Morgan fingerprint density at radius 3 is 1.60 bits per heavy atom. The summed E-state index contributed by atoms with van der Waals surface area (Å²) in [6.07, 6.45) is 0. The normalized spacial score (nSPS) is 13.7. The van der Waals surface area contributed by atoms with Gasteiger partial charge in [-0.05, 0) is 187 Å².